The first-order valence-corrected chi connectivity index (χ1v) is 11.0. The van der Waals surface area contributed by atoms with Crippen LogP contribution in [0.1, 0.15) is 56.9 Å². The molecule has 1 aliphatic rings. The highest BCUT2D eigenvalue weighted by molar-refractivity contribution is 6.21. The molecule has 0 bridgehead atoms. The molecule has 1 aromatic heterocycles. The lowest BCUT2D eigenvalue weighted by Gasteiger charge is -2.40. The number of imidazole rings is 1. The van der Waals surface area contributed by atoms with E-state index in [1.54, 1.807) is 0 Å². The molecule has 0 spiro atoms. The van der Waals surface area contributed by atoms with Crippen LogP contribution in [-0.2, 0) is 15.9 Å². The normalized spacial score (nSPS) is 18.0. The largest absolute Gasteiger partial charge is 0.291 e. The van der Waals surface area contributed by atoms with E-state index in [9.17, 15) is 0 Å². The van der Waals surface area contributed by atoms with E-state index in [0.29, 0.717) is 0 Å². The molecular weight excluding hydrogens is 385 g/mol. The van der Waals surface area contributed by atoms with Gasteiger partial charge in [0.2, 0.25) is 0 Å². The van der Waals surface area contributed by atoms with Crippen molar-refractivity contribution in [1.29, 1.82) is 0 Å². The summed E-state index contributed by atoms with van der Waals surface area (Å²) < 4.78 is 2.25. The number of aromatic nitrogens is 2. The molecule has 0 saturated heterocycles. The monoisotopic (exact) mass is 410 g/mol. The highest BCUT2D eigenvalue weighted by Gasteiger charge is 2.39. The summed E-state index contributed by atoms with van der Waals surface area (Å²) in [6.45, 7) is 10.1. The number of hydrogen-bond donors (Lipinski definition) is 0. The van der Waals surface area contributed by atoms with Gasteiger partial charge < -0.3 is 0 Å². The third-order valence-electron chi connectivity index (χ3n) is 6.60. The molecule has 0 N–H and O–H groups in total. The van der Waals surface area contributed by atoms with Crippen molar-refractivity contribution in [2.75, 3.05) is 0 Å². The van der Waals surface area contributed by atoms with Crippen molar-refractivity contribution in [1.82, 2.24) is 9.55 Å². The molecule has 6 radical (unpaired) electrons. The van der Waals surface area contributed by atoms with Crippen molar-refractivity contribution in [2.24, 2.45) is 0 Å². The fourth-order valence-electron chi connectivity index (χ4n) is 4.82. The van der Waals surface area contributed by atoms with Crippen LogP contribution in [0.15, 0.2) is 60.7 Å². The van der Waals surface area contributed by atoms with E-state index in [2.05, 4.69) is 41.8 Å². The minimum Gasteiger partial charge on any atom is -0.291 e. The molecule has 0 aliphatic carbocycles. The quantitative estimate of drug-likeness (QED) is 0.423. The molecule has 3 aromatic carbocycles. The van der Waals surface area contributed by atoms with Gasteiger partial charge in [-0.2, -0.15) is 0 Å². The van der Waals surface area contributed by atoms with E-state index >= 15 is 0 Å². The third-order valence-corrected chi connectivity index (χ3v) is 6.60. The Bertz CT molecular complexity index is 1350. The predicted octanol–water partition coefficient (Wildman–Crippen LogP) is 5.25. The van der Waals surface area contributed by atoms with E-state index in [0.717, 1.165) is 50.4 Å². The minimum absolute atomic E-state index is 0.533. The summed E-state index contributed by atoms with van der Waals surface area (Å²) >= 11 is 0. The van der Waals surface area contributed by atoms with Crippen LogP contribution in [0.3, 0.4) is 0 Å². The van der Waals surface area contributed by atoms with Gasteiger partial charge in [-0.05, 0) is 38.7 Å². The highest BCUT2D eigenvalue weighted by atomic mass is 15.1. The molecule has 5 rings (SSSR count). The fourth-order valence-corrected chi connectivity index (χ4v) is 4.82. The Balaban J connectivity index is 2.01. The van der Waals surface area contributed by atoms with Gasteiger partial charge in [-0.3, -0.25) is 4.57 Å². The zero-order valence-corrected chi connectivity index (χ0v) is 19.4. The van der Waals surface area contributed by atoms with Crippen LogP contribution in [0, 0.1) is 0 Å². The molecular formula is C27H25B3N2. The van der Waals surface area contributed by atoms with Gasteiger partial charge in [0.25, 0.3) is 0 Å². The maximum absolute atomic E-state index is 7.11. The molecule has 2 heterocycles. The average Bonchev–Trinajstić information content (AvgIpc) is 3.11. The van der Waals surface area contributed by atoms with Crippen molar-refractivity contribution in [3.05, 3.63) is 82.9 Å². The summed E-state index contributed by atoms with van der Waals surface area (Å²) in [6, 6.07) is 20.7. The zero-order valence-electron chi connectivity index (χ0n) is 19.4. The molecule has 1 aliphatic heterocycles. The van der Waals surface area contributed by atoms with Crippen LogP contribution in [0.4, 0.5) is 0 Å². The van der Waals surface area contributed by atoms with Gasteiger partial charge >= 0.3 is 0 Å². The molecule has 0 saturated carbocycles. The van der Waals surface area contributed by atoms with Crippen molar-refractivity contribution >= 4 is 34.6 Å². The maximum atomic E-state index is 7.11. The first kappa shape index (κ1) is 21.2. The van der Waals surface area contributed by atoms with E-state index < -0.39 is 15.9 Å². The Morgan fingerprint density at radius 1 is 0.844 bits per heavy atom. The summed E-state index contributed by atoms with van der Waals surface area (Å²) in [5, 5.41) is -1.87. The molecule has 1 atom stereocenters. The van der Waals surface area contributed by atoms with Gasteiger partial charge in [-0.25, -0.2) is 4.98 Å². The molecule has 0 fully saturated rings. The number of benzene rings is 3. The first-order chi connectivity index (χ1) is 14.9. The third kappa shape index (κ3) is 3.01. The van der Waals surface area contributed by atoms with Crippen molar-refractivity contribution < 1.29 is 0 Å². The molecule has 0 amide bonds. The smallest absolute Gasteiger partial charge is 0.145 e. The van der Waals surface area contributed by atoms with Gasteiger partial charge in [-0.1, -0.05) is 94.8 Å². The fraction of sp³-hybridized carbons (Fsp3) is 0.296. The Hall–Kier alpha value is -2.68. The Morgan fingerprint density at radius 3 is 2.16 bits per heavy atom. The second-order valence-electron chi connectivity index (χ2n) is 10.4. The second-order valence-corrected chi connectivity index (χ2v) is 10.4. The lowest BCUT2D eigenvalue weighted by Crippen LogP contribution is -2.34. The predicted molar refractivity (Wildman–Crippen MR) is 136 cm³/mol. The van der Waals surface area contributed by atoms with Crippen molar-refractivity contribution in [3.63, 3.8) is 0 Å². The van der Waals surface area contributed by atoms with E-state index in [-0.39, 0.29) is 0 Å². The minimum atomic E-state index is -0.722. The zero-order chi connectivity index (χ0) is 23.1. The maximum Gasteiger partial charge on any atom is 0.145 e. The second kappa shape index (κ2) is 6.67. The average molecular weight is 410 g/mol. The number of hydrogen-bond acceptors (Lipinski definition) is 1. The van der Waals surface area contributed by atoms with Crippen LogP contribution in [-0.4, -0.2) is 33.1 Å². The van der Waals surface area contributed by atoms with Gasteiger partial charge in [-0.15, -0.1) is 0 Å². The first-order valence-electron chi connectivity index (χ1n) is 11.0. The highest BCUT2D eigenvalue weighted by Crippen LogP contribution is 2.48. The van der Waals surface area contributed by atoms with Gasteiger partial charge in [0.15, 0.2) is 0 Å². The number of para-hydroxylation sites is 1. The summed E-state index contributed by atoms with van der Waals surface area (Å²) in [7, 11) is 20.4. The standard InChI is InChI=1S/C27H25B3N2/c1-25(2,28)17-14-19(26(3,4)29)22-20(15-17)27(5,30)18-12-9-13-21-23(18)32(22)24(31-21)16-10-7-6-8-11-16/h6-15H,1-5H3. The lowest BCUT2D eigenvalue weighted by atomic mass is 9.55. The summed E-state index contributed by atoms with van der Waals surface area (Å²) in [4.78, 5) is 5.06. The van der Waals surface area contributed by atoms with Crippen LogP contribution in [0.2, 0.25) is 0 Å². The van der Waals surface area contributed by atoms with Crippen LogP contribution < -0.4 is 0 Å². The summed E-state index contributed by atoms with van der Waals surface area (Å²) in [6.07, 6.45) is 0. The van der Waals surface area contributed by atoms with Gasteiger partial charge in [0.1, 0.15) is 5.82 Å². The van der Waals surface area contributed by atoms with E-state index in [1.807, 2.05) is 58.0 Å². The summed E-state index contributed by atoms with van der Waals surface area (Å²) in [5.74, 6) is 0.884. The number of fused-ring (bicyclic) bond motifs is 2. The SMILES string of the molecule is [B]C(C)(C)c1cc(C([B])(C)C)c2c(c1)C([B])(C)c1cccc3nc(-c4ccccc4)n-2c13. The number of nitrogens with zero attached hydrogens (tertiary/aromatic N) is 2. The molecule has 32 heavy (non-hydrogen) atoms. The molecule has 152 valence electrons. The molecule has 5 heteroatoms. The summed E-state index contributed by atoms with van der Waals surface area (Å²) in [5.41, 5.74) is 8.09. The topological polar surface area (TPSA) is 17.8 Å². The molecule has 2 nitrogen and oxygen atoms in total. The molecule has 1 unspecified atom stereocenters. The van der Waals surface area contributed by atoms with Crippen LogP contribution in [0.25, 0.3) is 28.1 Å². The number of rotatable bonds is 3. The van der Waals surface area contributed by atoms with Crippen LogP contribution in [0.5, 0.6) is 0 Å². The van der Waals surface area contributed by atoms with Crippen molar-refractivity contribution in [3.8, 4) is 17.1 Å². The lowest BCUT2D eigenvalue weighted by molar-refractivity contribution is 0.704. The van der Waals surface area contributed by atoms with Gasteiger partial charge in [0.05, 0.1) is 40.3 Å². The molecule has 4 aromatic rings. The van der Waals surface area contributed by atoms with Gasteiger partial charge in [0, 0.05) is 5.56 Å². The van der Waals surface area contributed by atoms with Crippen molar-refractivity contribution in [2.45, 2.75) is 50.6 Å². The van der Waals surface area contributed by atoms with E-state index in [4.69, 9.17) is 28.5 Å². The Labute approximate surface area is 194 Å². The Kier molecular flexibility index (Phi) is 4.41. The Morgan fingerprint density at radius 2 is 1.53 bits per heavy atom. The van der Waals surface area contributed by atoms with E-state index in [1.165, 1.54) is 0 Å². The van der Waals surface area contributed by atoms with Crippen LogP contribution >= 0.6 is 0 Å².